The third-order valence-corrected chi connectivity index (χ3v) is 6.24. The topological polar surface area (TPSA) is 94.4 Å². The first-order valence-electron chi connectivity index (χ1n) is 8.55. The number of aromatic nitrogens is 1. The van der Waals surface area contributed by atoms with Gasteiger partial charge in [-0.3, -0.25) is 9.59 Å². The zero-order valence-corrected chi connectivity index (χ0v) is 14.2. The number of Topliss-reactive ketones (excluding diaryl/α,β-unsaturated/α-hetero) is 1. The van der Waals surface area contributed by atoms with E-state index in [0.717, 1.165) is 25.3 Å². The summed E-state index contributed by atoms with van der Waals surface area (Å²) in [4.78, 5) is 38.8. The van der Waals surface area contributed by atoms with Crippen LogP contribution in [0.1, 0.15) is 51.9 Å². The summed E-state index contributed by atoms with van der Waals surface area (Å²) in [5, 5.41) is 0. The number of amides is 1. The standard InChI is InChI=1S/C18H19N3O4/c1-18(2)9-6-21-14(13(9)18)8(7-25-17(19)24)12-15(21)11(22)5-10(16(12)23)20-3-4-20/h5,9,13H,3-4,6-7H2,1-2H3,(H2,19,24). The lowest BCUT2D eigenvalue weighted by Gasteiger charge is -2.16. The Bertz CT molecular complexity index is 904. The normalized spacial score (nSPS) is 27.4. The van der Waals surface area contributed by atoms with Gasteiger partial charge >= 0.3 is 6.09 Å². The van der Waals surface area contributed by atoms with Crippen LogP contribution in [0.2, 0.25) is 0 Å². The number of rotatable bonds is 3. The Morgan fingerprint density at radius 3 is 2.72 bits per heavy atom. The molecule has 7 heteroatoms. The highest BCUT2D eigenvalue weighted by Gasteiger charge is 2.64. The molecule has 2 aliphatic carbocycles. The van der Waals surface area contributed by atoms with E-state index in [0.29, 0.717) is 28.4 Å². The number of nitrogens with two attached hydrogens (primary N) is 1. The molecule has 2 N–H and O–H groups in total. The molecular formula is C18H19N3O4. The highest BCUT2D eigenvalue weighted by Crippen LogP contribution is 2.69. The fourth-order valence-electron chi connectivity index (χ4n) is 4.76. The molecule has 1 amide bonds. The minimum absolute atomic E-state index is 0.0639. The molecule has 130 valence electrons. The van der Waals surface area contributed by atoms with Crippen molar-refractivity contribution < 1.29 is 19.1 Å². The fraction of sp³-hybridized carbons (Fsp3) is 0.500. The van der Waals surface area contributed by atoms with Crippen molar-refractivity contribution in [2.24, 2.45) is 17.1 Å². The van der Waals surface area contributed by atoms with Gasteiger partial charge in [0.25, 0.3) is 0 Å². The van der Waals surface area contributed by atoms with E-state index in [2.05, 4.69) is 13.8 Å². The molecule has 1 saturated heterocycles. The highest BCUT2D eigenvalue weighted by molar-refractivity contribution is 6.25. The first-order chi connectivity index (χ1) is 11.8. The molecule has 5 rings (SSSR count). The van der Waals surface area contributed by atoms with Gasteiger partial charge in [0.1, 0.15) is 12.3 Å². The van der Waals surface area contributed by atoms with Crippen LogP contribution in [0.5, 0.6) is 0 Å². The molecule has 3 heterocycles. The Kier molecular flexibility index (Phi) is 2.56. The summed E-state index contributed by atoms with van der Waals surface area (Å²) in [6.07, 6.45) is 0.577. The minimum Gasteiger partial charge on any atom is -0.445 e. The van der Waals surface area contributed by atoms with Crippen LogP contribution in [0, 0.1) is 11.3 Å². The van der Waals surface area contributed by atoms with Gasteiger partial charge in [0.2, 0.25) is 11.6 Å². The third-order valence-electron chi connectivity index (χ3n) is 6.24. The summed E-state index contributed by atoms with van der Waals surface area (Å²) in [6.45, 7) is 6.64. The first kappa shape index (κ1) is 14.7. The average molecular weight is 341 g/mol. The Morgan fingerprint density at radius 1 is 1.36 bits per heavy atom. The lowest BCUT2D eigenvalue weighted by Crippen LogP contribution is -2.24. The van der Waals surface area contributed by atoms with Gasteiger partial charge in [-0.25, -0.2) is 4.79 Å². The molecule has 25 heavy (non-hydrogen) atoms. The van der Waals surface area contributed by atoms with Crippen molar-refractivity contribution in [3.63, 3.8) is 0 Å². The summed E-state index contributed by atoms with van der Waals surface area (Å²) in [5.74, 6) is 0.463. The van der Waals surface area contributed by atoms with Crippen molar-refractivity contribution >= 4 is 17.7 Å². The van der Waals surface area contributed by atoms with E-state index in [1.165, 1.54) is 6.08 Å². The van der Waals surface area contributed by atoms with Gasteiger partial charge in [-0.15, -0.1) is 0 Å². The van der Waals surface area contributed by atoms with Crippen LogP contribution in [0.4, 0.5) is 4.79 Å². The first-order valence-corrected chi connectivity index (χ1v) is 8.55. The van der Waals surface area contributed by atoms with Gasteiger partial charge in [0.15, 0.2) is 0 Å². The smallest absolute Gasteiger partial charge is 0.404 e. The fourth-order valence-corrected chi connectivity index (χ4v) is 4.76. The van der Waals surface area contributed by atoms with Crippen LogP contribution in [0.15, 0.2) is 11.8 Å². The Morgan fingerprint density at radius 2 is 2.08 bits per heavy atom. The molecule has 0 radical (unpaired) electrons. The summed E-state index contributed by atoms with van der Waals surface area (Å²) in [6, 6.07) is 0. The van der Waals surface area contributed by atoms with E-state index in [1.54, 1.807) is 0 Å². The molecule has 0 aromatic carbocycles. The average Bonchev–Trinajstić information content (AvgIpc) is 3.35. The molecule has 2 aliphatic heterocycles. The van der Waals surface area contributed by atoms with E-state index < -0.39 is 6.09 Å². The second kappa shape index (κ2) is 4.33. The quantitative estimate of drug-likeness (QED) is 0.839. The molecule has 4 aliphatic rings. The molecule has 1 aromatic heterocycles. The van der Waals surface area contributed by atoms with E-state index >= 15 is 0 Å². The second-order valence-electron chi connectivity index (χ2n) is 7.92. The maximum atomic E-state index is 13.0. The molecule has 1 saturated carbocycles. The zero-order valence-electron chi connectivity index (χ0n) is 14.2. The molecule has 1 aromatic rings. The number of nitrogens with zero attached hydrogens (tertiary/aromatic N) is 2. The summed E-state index contributed by atoms with van der Waals surface area (Å²) >= 11 is 0. The molecular weight excluding hydrogens is 322 g/mol. The van der Waals surface area contributed by atoms with E-state index in [4.69, 9.17) is 10.5 Å². The monoisotopic (exact) mass is 341 g/mol. The van der Waals surface area contributed by atoms with Crippen molar-refractivity contribution in [3.8, 4) is 0 Å². The van der Waals surface area contributed by atoms with Gasteiger partial charge < -0.3 is 19.9 Å². The molecule has 7 nitrogen and oxygen atoms in total. The number of ketones is 2. The Balaban J connectivity index is 1.68. The van der Waals surface area contributed by atoms with Gasteiger partial charge in [-0.05, 0) is 11.3 Å². The molecule has 0 bridgehead atoms. The van der Waals surface area contributed by atoms with Gasteiger partial charge in [-0.2, -0.15) is 0 Å². The van der Waals surface area contributed by atoms with E-state index in [9.17, 15) is 14.4 Å². The van der Waals surface area contributed by atoms with Crippen LogP contribution >= 0.6 is 0 Å². The molecule has 2 unspecified atom stereocenters. The Labute approximate surface area is 144 Å². The SMILES string of the molecule is CC1(C)C2Cn3c4c(c(COC(N)=O)c3C21)C(=O)C(N1CC1)=CC4=O. The number of allylic oxidation sites excluding steroid dienone is 2. The summed E-state index contributed by atoms with van der Waals surface area (Å²) < 4.78 is 7.01. The maximum Gasteiger partial charge on any atom is 0.404 e. The van der Waals surface area contributed by atoms with Crippen molar-refractivity contribution in [1.29, 1.82) is 0 Å². The zero-order chi connectivity index (χ0) is 17.7. The number of fused-ring (bicyclic) bond motifs is 5. The molecule has 2 atom stereocenters. The predicted molar refractivity (Wildman–Crippen MR) is 87.1 cm³/mol. The number of primary amides is 1. The van der Waals surface area contributed by atoms with Crippen LogP contribution in [-0.4, -0.2) is 40.2 Å². The number of hydrogen-bond donors (Lipinski definition) is 1. The van der Waals surface area contributed by atoms with Crippen molar-refractivity contribution in [1.82, 2.24) is 9.47 Å². The van der Waals surface area contributed by atoms with Gasteiger partial charge in [-0.1, -0.05) is 13.8 Å². The largest absolute Gasteiger partial charge is 0.445 e. The number of hydrogen-bond acceptors (Lipinski definition) is 5. The van der Waals surface area contributed by atoms with Crippen LogP contribution in [-0.2, 0) is 17.9 Å². The number of carbonyl (C=O) groups is 3. The minimum atomic E-state index is -0.880. The van der Waals surface area contributed by atoms with E-state index in [-0.39, 0.29) is 29.5 Å². The maximum absolute atomic E-state index is 13.0. The number of carbonyl (C=O) groups excluding carboxylic acids is 3. The van der Waals surface area contributed by atoms with Crippen molar-refractivity contribution in [2.45, 2.75) is 32.9 Å². The lowest BCUT2D eigenvalue weighted by molar-refractivity contribution is 0.0962. The third kappa shape index (κ3) is 1.78. The van der Waals surface area contributed by atoms with Crippen LogP contribution in [0.3, 0.4) is 0 Å². The lowest BCUT2D eigenvalue weighted by atomic mass is 9.94. The molecule has 0 spiro atoms. The van der Waals surface area contributed by atoms with Crippen molar-refractivity contribution in [3.05, 3.63) is 34.3 Å². The second-order valence-corrected chi connectivity index (χ2v) is 7.92. The summed E-state index contributed by atoms with van der Waals surface area (Å²) in [7, 11) is 0. The van der Waals surface area contributed by atoms with Crippen LogP contribution < -0.4 is 5.73 Å². The van der Waals surface area contributed by atoms with E-state index in [1.807, 2.05) is 9.47 Å². The summed E-state index contributed by atoms with van der Waals surface area (Å²) in [5.41, 5.74) is 8.23. The van der Waals surface area contributed by atoms with Gasteiger partial charge in [0.05, 0.1) is 11.3 Å². The van der Waals surface area contributed by atoms with Crippen LogP contribution in [0.25, 0.3) is 0 Å². The molecule has 2 fully saturated rings. The highest BCUT2D eigenvalue weighted by atomic mass is 16.5. The Hall–Kier alpha value is -2.57. The van der Waals surface area contributed by atoms with Crippen molar-refractivity contribution in [2.75, 3.05) is 13.1 Å². The predicted octanol–water partition coefficient (Wildman–Crippen LogP) is 1.42. The van der Waals surface area contributed by atoms with Gasteiger partial charge in [0, 0.05) is 42.9 Å². The number of ether oxygens (including phenoxy) is 1.